The number of amides is 3. The maximum Gasteiger partial charge on any atom is 0.411 e. The quantitative estimate of drug-likeness (QED) is 0.774. The largest absolute Gasteiger partial charge is 0.450 e. The summed E-state index contributed by atoms with van der Waals surface area (Å²) in [6, 6.07) is 5.02. The van der Waals surface area contributed by atoms with Crippen molar-refractivity contribution in [3.8, 4) is 0 Å². The molecule has 0 atom stereocenters. The molecule has 0 aromatic heterocycles. The van der Waals surface area contributed by atoms with Crippen LogP contribution in [0.3, 0.4) is 0 Å². The first-order valence-electron chi connectivity index (χ1n) is 6.66. The molecule has 20 heavy (non-hydrogen) atoms. The number of urea groups is 1. The van der Waals surface area contributed by atoms with Crippen LogP contribution >= 0.6 is 0 Å². The molecule has 0 heterocycles. The Balaban J connectivity index is 2.74. The molecule has 0 aliphatic carbocycles. The van der Waals surface area contributed by atoms with Crippen molar-refractivity contribution in [2.45, 2.75) is 27.2 Å². The lowest BCUT2D eigenvalue weighted by Crippen LogP contribution is -2.29. The first-order valence-corrected chi connectivity index (χ1v) is 6.66. The summed E-state index contributed by atoms with van der Waals surface area (Å²) in [7, 11) is 0. The van der Waals surface area contributed by atoms with Crippen molar-refractivity contribution in [3.63, 3.8) is 0 Å². The molecule has 0 radical (unpaired) electrons. The van der Waals surface area contributed by atoms with Crippen LogP contribution in [-0.4, -0.2) is 25.3 Å². The summed E-state index contributed by atoms with van der Waals surface area (Å²) in [5.41, 5.74) is 2.02. The zero-order valence-electron chi connectivity index (χ0n) is 12.1. The van der Waals surface area contributed by atoms with Crippen LogP contribution in [0.5, 0.6) is 0 Å². The Hall–Kier alpha value is -2.24. The zero-order chi connectivity index (χ0) is 15.0. The molecule has 110 valence electrons. The van der Waals surface area contributed by atoms with E-state index in [-0.39, 0.29) is 6.03 Å². The Kier molecular flexibility index (Phi) is 6.36. The van der Waals surface area contributed by atoms with E-state index in [1.54, 1.807) is 25.1 Å². The van der Waals surface area contributed by atoms with Crippen LogP contribution in [0, 0.1) is 6.92 Å². The Morgan fingerprint density at radius 3 is 2.40 bits per heavy atom. The van der Waals surface area contributed by atoms with Crippen LogP contribution in [0.25, 0.3) is 0 Å². The predicted octanol–water partition coefficient (Wildman–Crippen LogP) is 3.09. The van der Waals surface area contributed by atoms with Crippen LogP contribution < -0.4 is 16.0 Å². The van der Waals surface area contributed by atoms with Crippen molar-refractivity contribution < 1.29 is 14.3 Å². The van der Waals surface area contributed by atoms with Crippen LogP contribution in [0.4, 0.5) is 21.0 Å². The monoisotopic (exact) mass is 279 g/mol. The van der Waals surface area contributed by atoms with Gasteiger partial charge in [-0.25, -0.2) is 9.59 Å². The molecule has 0 spiro atoms. The van der Waals surface area contributed by atoms with E-state index in [4.69, 9.17) is 4.74 Å². The third-order valence-corrected chi connectivity index (χ3v) is 2.63. The van der Waals surface area contributed by atoms with Crippen molar-refractivity contribution >= 4 is 23.5 Å². The van der Waals surface area contributed by atoms with E-state index in [1.807, 2.05) is 13.8 Å². The Morgan fingerprint density at radius 1 is 1.15 bits per heavy atom. The summed E-state index contributed by atoms with van der Waals surface area (Å²) >= 11 is 0. The molecular weight excluding hydrogens is 258 g/mol. The van der Waals surface area contributed by atoms with E-state index in [2.05, 4.69) is 16.0 Å². The smallest absolute Gasteiger partial charge is 0.411 e. The maximum absolute atomic E-state index is 11.6. The lowest BCUT2D eigenvalue weighted by atomic mass is 10.1. The normalized spacial score (nSPS) is 9.75. The van der Waals surface area contributed by atoms with Gasteiger partial charge in [0.05, 0.1) is 6.61 Å². The van der Waals surface area contributed by atoms with Crippen molar-refractivity contribution in [2.24, 2.45) is 0 Å². The second-order valence-corrected chi connectivity index (χ2v) is 4.20. The first kappa shape index (κ1) is 15.8. The Labute approximate surface area is 118 Å². The fraction of sp³-hybridized carbons (Fsp3) is 0.429. The summed E-state index contributed by atoms with van der Waals surface area (Å²) < 4.78 is 4.83. The lowest BCUT2D eigenvalue weighted by molar-refractivity contribution is 0.168. The molecule has 1 rings (SSSR count). The van der Waals surface area contributed by atoms with E-state index >= 15 is 0 Å². The predicted molar refractivity (Wildman–Crippen MR) is 79.1 cm³/mol. The molecule has 1 aromatic carbocycles. The van der Waals surface area contributed by atoms with E-state index in [0.29, 0.717) is 24.5 Å². The van der Waals surface area contributed by atoms with Crippen LogP contribution in [-0.2, 0) is 4.74 Å². The highest BCUT2D eigenvalue weighted by Gasteiger charge is 2.09. The molecule has 0 bridgehead atoms. The number of nitrogens with one attached hydrogen (secondary N) is 3. The molecule has 0 saturated heterocycles. The molecule has 0 unspecified atom stereocenters. The van der Waals surface area contributed by atoms with Gasteiger partial charge in [0.25, 0.3) is 0 Å². The maximum atomic E-state index is 11.6. The Morgan fingerprint density at radius 2 is 1.80 bits per heavy atom. The van der Waals surface area contributed by atoms with Gasteiger partial charge in [-0.05, 0) is 38.0 Å². The van der Waals surface area contributed by atoms with Crippen molar-refractivity contribution in [3.05, 3.63) is 23.8 Å². The Bertz CT molecular complexity index is 475. The average molecular weight is 279 g/mol. The number of hydrogen-bond acceptors (Lipinski definition) is 3. The average Bonchev–Trinajstić information content (AvgIpc) is 2.41. The SMILES string of the molecule is CCCNC(=O)Nc1cccc(NC(=O)OCC)c1C. The van der Waals surface area contributed by atoms with E-state index < -0.39 is 6.09 Å². The van der Waals surface area contributed by atoms with Gasteiger partial charge in [-0.3, -0.25) is 5.32 Å². The number of anilines is 2. The van der Waals surface area contributed by atoms with Gasteiger partial charge in [0.1, 0.15) is 0 Å². The van der Waals surface area contributed by atoms with E-state index in [9.17, 15) is 9.59 Å². The molecule has 0 fully saturated rings. The number of rotatable bonds is 5. The van der Waals surface area contributed by atoms with Crippen LogP contribution in [0.15, 0.2) is 18.2 Å². The number of ether oxygens (including phenoxy) is 1. The molecule has 0 aliphatic heterocycles. The number of benzene rings is 1. The van der Waals surface area contributed by atoms with Gasteiger partial charge in [0, 0.05) is 17.9 Å². The van der Waals surface area contributed by atoms with Crippen molar-refractivity contribution in [1.82, 2.24) is 5.32 Å². The summed E-state index contributed by atoms with van der Waals surface area (Å²) in [5, 5.41) is 8.11. The van der Waals surface area contributed by atoms with Gasteiger partial charge in [-0.1, -0.05) is 13.0 Å². The summed E-state index contributed by atoms with van der Waals surface area (Å²) in [6.45, 7) is 6.46. The van der Waals surface area contributed by atoms with Gasteiger partial charge in [0.15, 0.2) is 0 Å². The third kappa shape index (κ3) is 4.79. The third-order valence-electron chi connectivity index (χ3n) is 2.63. The van der Waals surface area contributed by atoms with Gasteiger partial charge >= 0.3 is 12.1 Å². The van der Waals surface area contributed by atoms with E-state index in [1.165, 1.54) is 0 Å². The number of hydrogen-bond donors (Lipinski definition) is 3. The molecular formula is C14H21N3O3. The minimum atomic E-state index is -0.511. The van der Waals surface area contributed by atoms with Crippen molar-refractivity contribution in [1.29, 1.82) is 0 Å². The molecule has 1 aromatic rings. The second-order valence-electron chi connectivity index (χ2n) is 4.20. The summed E-state index contributed by atoms with van der Waals surface area (Å²) in [4.78, 5) is 23.0. The summed E-state index contributed by atoms with van der Waals surface area (Å²) in [5.74, 6) is 0. The molecule has 3 N–H and O–H groups in total. The highest BCUT2D eigenvalue weighted by molar-refractivity contribution is 5.93. The minimum Gasteiger partial charge on any atom is -0.450 e. The van der Waals surface area contributed by atoms with Gasteiger partial charge in [0.2, 0.25) is 0 Å². The lowest BCUT2D eigenvalue weighted by Gasteiger charge is -2.13. The zero-order valence-corrected chi connectivity index (χ0v) is 12.1. The van der Waals surface area contributed by atoms with E-state index in [0.717, 1.165) is 12.0 Å². The topological polar surface area (TPSA) is 79.5 Å². The fourth-order valence-corrected chi connectivity index (χ4v) is 1.59. The highest BCUT2D eigenvalue weighted by atomic mass is 16.5. The van der Waals surface area contributed by atoms with Gasteiger partial charge < -0.3 is 15.4 Å². The number of carbonyl (C=O) groups excluding carboxylic acids is 2. The van der Waals surface area contributed by atoms with Crippen LogP contribution in [0.1, 0.15) is 25.8 Å². The molecule has 0 saturated carbocycles. The second kappa shape index (κ2) is 8.04. The molecule has 6 heteroatoms. The van der Waals surface area contributed by atoms with Gasteiger partial charge in [-0.15, -0.1) is 0 Å². The fourth-order valence-electron chi connectivity index (χ4n) is 1.59. The first-order chi connectivity index (χ1) is 9.58. The standard InChI is InChI=1S/C14H21N3O3/c1-4-9-15-13(18)16-11-7-6-8-12(10(11)3)17-14(19)20-5-2/h6-8H,4-5,9H2,1-3H3,(H,17,19)(H2,15,16,18). The minimum absolute atomic E-state index is 0.261. The molecule has 6 nitrogen and oxygen atoms in total. The molecule has 0 aliphatic rings. The van der Waals surface area contributed by atoms with Crippen LogP contribution in [0.2, 0.25) is 0 Å². The van der Waals surface area contributed by atoms with Crippen molar-refractivity contribution in [2.75, 3.05) is 23.8 Å². The highest BCUT2D eigenvalue weighted by Crippen LogP contribution is 2.23. The molecule has 3 amide bonds. The summed E-state index contributed by atoms with van der Waals surface area (Å²) in [6.07, 6.45) is 0.361. The van der Waals surface area contributed by atoms with Gasteiger partial charge in [-0.2, -0.15) is 0 Å². The number of carbonyl (C=O) groups is 2.